The predicted octanol–water partition coefficient (Wildman–Crippen LogP) is 3.06. The number of carbonyl (C=O) groups excluding carboxylic acids is 2. The van der Waals surface area contributed by atoms with Gasteiger partial charge < -0.3 is 15.0 Å². The molecule has 3 rings (SSSR count). The molecule has 2 aromatic rings. The first-order valence-corrected chi connectivity index (χ1v) is 9.80. The van der Waals surface area contributed by atoms with Crippen molar-refractivity contribution in [3.05, 3.63) is 71.8 Å². The minimum atomic E-state index is -0.341. The molecule has 0 saturated carbocycles. The molecule has 1 aliphatic heterocycles. The first-order chi connectivity index (χ1) is 13.6. The lowest BCUT2D eigenvalue weighted by Gasteiger charge is -2.42. The number of ether oxygens (including phenoxy) is 1. The molecule has 0 aliphatic carbocycles. The Morgan fingerprint density at radius 1 is 1.00 bits per heavy atom. The van der Waals surface area contributed by atoms with Crippen molar-refractivity contribution in [1.29, 1.82) is 0 Å². The van der Waals surface area contributed by atoms with Crippen molar-refractivity contribution >= 4 is 11.8 Å². The Morgan fingerprint density at radius 3 is 2.21 bits per heavy atom. The number of methoxy groups -OCH3 is 1. The molecule has 1 saturated heterocycles. The number of benzene rings is 2. The quantitative estimate of drug-likeness (QED) is 0.803. The summed E-state index contributed by atoms with van der Waals surface area (Å²) in [6.07, 6.45) is 2.62. The molecule has 5 heteroatoms. The number of amides is 2. The Bertz CT molecular complexity index is 769. The van der Waals surface area contributed by atoms with E-state index < -0.39 is 0 Å². The molecular formula is C23H28N2O3. The Morgan fingerprint density at radius 2 is 1.61 bits per heavy atom. The third kappa shape index (κ3) is 5.20. The number of piperidine rings is 1. The monoisotopic (exact) mass is 380 g/mol. The first kappa shape index (κ1) is 20.1. The SMILES string of the molecule is COCCC1(NC(=O)c2ccccc2)CCN(C(=O)Cc2ccccc2)CC1. The van der Waals surface area contributed by atoms with E-state index in [1.54, 1.807) is 7.11 Å². The summed E-state index contributed by atoms with van der Waals surface area (Å²) in [6.45, 7) is 1.86. The predicted molar refractivity (Wildman–Crippen MR) is 109 cm³/mol. The molecule has 5 nitrogen and oxygen atoms in total. The molecule has 1 fully saturated rings. The lowest BCUT2D eigenvalue weighted by molar-refractivity contribution is -0.132. The van der Waals surface area contributed by atoms with Crippen LogP contribution in [0.5, 0.6) is 0 Å². The van der Waals surface area contributed by atoms with Crippen molar-refractivity contribution < 1.29 is 14.3 Å². The van der Waals surface area contributed by atoms with Crippen LogP contribution in [0.15, 0.2) is 60.7 Å². The maximum absolute atomic E-state index is 12.7. The van der Waals surface area contributed by atoms with Crippen LogP contribution < -0.4 is 5.32 Å². The molecular weight excluding hydrogens is 352 g/mol. The van der Waals surface area contributed by atoms with Crippen LogP contribution in [-0.4, -0.2) is 49.1 Å². The van der Waals surface area contributed by atoms with Crippen molar-refractivity contribution in [2.45, 2.75) is 31.2 Å². The number of nitrogens with zero attached hydrogens (tertiary/aromatic N) is 1. The third-order valence-electron chi connectivity index (χ3n) is 5.47. The molecule has 0 spiro atoms. The molecule has 2 amide bonds. The van der Waals surface area contributed by atoms with Crippen LogP contribution >= 0.6 is 0 Å². The van der Waals surface area contributed by atoms with Gasteiger partial charge in [0, 0.05) is 37.9 Å². The normalized spacial score (nSPS) is 15.8. The second-order valence-electron chi connectivity index (χ2n) is 7.39. The van der Waals surface area contributed by atoms with Gasteiger partial charge in [-0.25, -0.2) is 0 Å². The standard InChI is InChI=1S/C23H28N2O3/c1-28-17-14-23(24-22(27)20-10-6-3-7-11-20)12-15-25(16-13-23)21(26)18-19-8-4-2-5-9-19/h2-11H,12-18H2,1H3,(H,24,27). The Hall–Kier alpha value is -2.66. The molecule has 0 unspecified atom stereocenters. The number of hydrogen-bond donors (Lipinski definition) is 1. The Labute approximate surface area is 166 Å². The molecule has 0 aromatic heterocycles. The summed E-state index contributed by atoms with van der Waals surface area (Å²) in [5.41, 5.74) is 1.34. The second-order valence-corrected chi connectivity index (χ2v) is 7.39. The molecule has 1 heterocycles. The zero-order chi connectivity index (χ0) is 19.8. The Balaban J connectivity index is 1.62. The minimum Gasteiger partial charge on any atom is -0.385 e. The highest BCUT2D eigenvalue weighted by Crippen LogP contribution is 2.27. The molecule has 1 N–H and O–H groups in total. The van der Waals surface area contributed by atoms with Crippen LogP contribution in [-0.2, 0) is 16.0 Å². The van der Waals surface area contributed by atoms with E-state index in [0.29, 0.717) is 31.7 Å². The van der Waals surface area contributed by atoms with E-state index in [2.05, 4.69) is 5.32 Å². The fraction of sp³-hybridized carbons (Fsp3) is 0.391. The summed E-state index contributed by atoms with van der Waals surface area (Å²) in [7, 11) is 1.67. The van der Waals surface area contributed by atoms with E-state index in [9.17, 15) is 9.59 Å². The maximum atomic E-state index is 12.7. The average Bonchev–Trinajstić information content (AvgIpc) is 2.74. The van der Waals surface area contributed by atoms with Crippen molar-refractivity contribution in [3.63, 3.8) is 0 Å². The van der Waals surface area contributed by atoms with Crippen LogP contribution in [0.2, 0.25) is 0 Å². The molecule has 0 bridgehead atoms. The largest absolute Gasteiger partial charge is 0.385 e. The van der Waals surface area contributed by atoms with Gasteiger partial charge in [0.05, 0.1) is 6.42 Å². The topological polar surface area (TPSA) is 58.6 Å². The van der Waals surface area contributed by atoms with Gasteiger partial charge in [-0.05, 0) is 37.0 Å². The highest BCUT2D eigenvalue weighted by atomic mass is 16.5. The molecule has 148 valence electrons. The number of rotatable bonds is 7. The molecule has 28 heavy (non-hydrogen) atoms. The zero-order valence-corrected chi connectivity index (χ0v) is 16.4. The van der Waals surface area contributed by atoms with Gasteiger partial charge in [0.2, 0.25) is 5.91 Å². The maximum Gasteiger partial charge on any atom is 0.251 e. The van der Waals surface area contributed by atoms with E-state index in [1.807, 2.05) is 65.6 Å². The lowest BCUT2D eigenvalue weighted by atomic mass is 9.84. The minimum absolute atomic E-state index is 0.0687. The third-order valence-corrected chi connectivity index (χ3v) is 5.47. The van der Waals surface area contributed by atoms with E-state index in [0.717, 1.165) is 24.8 Å². The molecule has 0 radical (unpaired) electrons. The van der Waals surface area contributed by atoms with E-state index >= 15 is 0 Å². The fourth-order valence-corrected chi connectivity index (χ4v) is 3.70. The van der Waals surface area contributed by atoms with Gasteiger partial charge in [0.15, 0.2) is 0 Å². The van der Waals surface area contributed by atoms with Crippen LogP contribution in [0.1, 0.15) is 35.2 Å². The molecule has 0 atom stereocenters. The lowest BCUT2D eigenvalue weighted by Crippen LogP contribution is -2.56. The highest BCUT2D eigenvalue weighted by molar-refractivity contribution is 5.94. The van der Waals surface area contributed by atoms with Gasteiger partial charge >= 0.3 is 0 Å². The second kappa shape index (κ2) is 9.51. The number of carbonyl (C=O) groups is 2. The fourth-order valence-electron chi connectivity index (χ4n) is 3.70. The van der Waals surface area contributed by atoms with Crippen LogP contribution in [0.3, 0.4) is 0 Å². The van der Waals surface area contributed by atoms with Gasteiger partial charge in [0.1, 0.15) is 0 Å². The van der Waals surface area contributed by atoms with Crippen molar-refractivity contribution in [1.82, 2.24) is 10.2 Å². The average molecular weight is 380 g/mol. The van der Waals surface area contributed by atoms with Crippen LogP contribution in [0, 0.1) is 0 Å². The summed E-state index contributed by atoms with van der Waals surface area (Å²) in [5.74, 6) is 0.0710. The van der Waals surface area contributed by atoms with Gasteiger partial charge in [-0.1, -0.05) is 48.5 Å². The van der Waals surface area contributed by atoms with Crippen LogP contribution in [0.4, 0.5) is 0 Å². The van der Waals surface area contributed by atoms with E-state index in [1.165, 1.54) is 0 Å². The van der Waals surface area contributed by atoms with Gasteiger partial charge in [-0.15, -0.1) is 0 Å². The van der Waals surface area contributed by atoms with E-state index in [-0.39, 0.29) is 17.4 Å². The van der Waals surface area contributed by atoms with Gasteiger partial charge in [0.25, 0.3) is 5.91 Å². The highest BCUT2D eigenvalue weighted by Gasteiger charge is 2.37. The van der Waals surface area contributed by atoms with Crippen molar-refractivity contribution in [3.8, 4) is 0 Å². The van der Waals surface area contributed by atoms with Crippen molar-refractivity contribution in [2.24, 2.45) is 0 Å². The van der Waals surface area contributed by atoms with Crippen molar-refractivity contribution in [2.75, 3.05) is 26.8 Å². The zero-order valence-electron chi connectivity index (χ0n) is 16.4. The summed E-state index contributed by atoms with van der Waals surface area (Å²) in [6, 6.07) is 19.1. The Kier molecular flexibility index (Phi) is 6.82. The van der Waals surface area contributed by atoms with E-state index in [4.69, 9.17) is 4.74 Å². The molecule has 2 aromatic carbocycles. The number of likely N-dealkylation sites (tertiary alicyclic amines) is 1. The van der Waals surface area contributed by atoms with Crippen LogP contribution in [0.25, 0.3) is 0 Å². The van der Waals surface area contributed by atoms with Gasteiger partial charge in [-0.3, -0.25) is 9.59 Å². The van der Waals surface area contributed by atoms with Gasteiger partial charge in [-0.2, -0.15) is 0 Å². The summed E-state index contributed by atoms with van der Waals surface area (Å²) in [4.78, 5) is 27.3. The number of nitrogens with one attached hydrogen (secondary N) is 1. The molecule has 1 aliphatic rings. The summed E-state index contributed by atoms with van der Waals surface area (Å²) >= 11 is 0. The first-order valence-electron chi connectivity index (χ1n) is 9.80. The smallest absolute Gasteiger partial charge is 0.251 e. The summed E-state index contributed by atoms with van der Waals surface area (Å²) < 4.78 is 5.28. The number of hydrogen-bond acceptors (Lipinski definition) is 3. The summed E-state index contributed by atoms with van der Waals surface area (Å²) in [5, 5.41) is 3.24.